The Morgan fingerprint density at radius 3 is 3.00 bits per heavy atom. The van der Waals surface area contributed by atoms with Gasteiger partial charge in [-0.2, -0.15) is 5.10 Å². The van der Waals surface area contributed by atoms with E-state index in [0.717, 1.165) is 42.5 Å². The standard InChI is InChI=1S/C19H23N5O/c1-14-10-21-22(11-14)12-16-6-5-9-23(16)19(25)15(2)24-13-20-17-7-3-4-8-18(17)24/h3-4,7-8,10-11,13,15-16H,5-6,9,12H2,1-2H3/t15-,16+/m1/s1. The summed E-state index contributed by atoms with van der Waals surface area (Å²) in [4.78, 5) is 19.6. The third-order valence-electron chi connectivity index (χ3n) is 5.08. The van der Waals surface area contributed by atoms with Crippen molar-refractivity contribution < 1.29 is 4.79 Å². The van der Waals surface area contributed by atoms with Gasteiger partial charge in [-0.1, -0.05) is 12.1 Å². The molecule has 1 aromatic carbocycles. The van der Waals surface area contributed by atoms with Crippen LogP contribution in [0.2, 0.25) is 0 Å². The number of para-hydroxylation sites is 2. The quantitative estimate of drug-likeness (QED) is 0.735. The van der Waals surface area contributed by atoms with Gasteiger partial charge in [-0.15, -0.1) is 0 Å². The van der Waals surface area contributed by atoms with E-state index in [2.05, 4.69) is 10.1 Å². The SMILES string of the molecule is Cc1cnn(C[C@@H]2CCCN2C(=O)[C@@H](C)n2cnc3ccccc32)c1. The molecule has 130 valence electrons. The smallest absolute Gasteiger partial charge is 0.245 e. The molecular formula is C19H23N5O. The number of hydrogen-bond acceptors (Lipinski definition) is 3. The molecule has 0 aliphatic carbocycles. The molecule has 4 rings (SSSR count). The van der Waals surface area contributed by atoms with Gasteiger partial charge in [0.05, 0.1) is 36.1 Å². The van der Waals surface area contributed by atoms with Crippen LogP contribution in [0.1, 0.15) is 31.4 Å². The van der Waals surface area contributed by atoms with Gasteiger partial charge in [-0.3, -0.25) is 9.48 Å². The first-order valence-electron chi connectivity index (χ1n) is 8.84. The zero-order valence-electron chi connectivity index (χ0n) is 14.7. The number of nitrogens with zero attached hydrogens (tertiary/aromatic N) is 5. The van der Waals surface area contributed by atoms with Crippen molar-refractivity contribution in [1.29, 1.82) is 0 Å². The fourth-order valence-electron chi connectivity index (χ4n) is 3.74. The maximum Gasteiger partial charge on any atom is 0.245 e. The minimum atomic E-state index is -0.257. The highest BCUT2D eigenvalue weighted by Crippen LogP contribution is 2.25. The summed E-state index contributed by atoms with van der Waals surface area (Å²) in [6, 6.07) is 7.89. The third-order valence-corrected chi connectivity index (χ3v) is 5.08. The monoisotopic (exact) mass is 337 g/mol. The van der Waals surface area contributed by atoms with Crippen LogP contribution >= 0.6 is 0 Å². The number of aryl methyl sites for hydroxylation is 1. The van der Waals surface area contributed by atoms with E-state index in [4.69, 9.17) is 0 Å². The highest BCUT2D eigenvalue weighted by molar-refractivity contribution is 5.84. The van der Waals surface area contributed by atoms with Crippen molar-refractivity contribution in [2.75, 3.05) is 6.54 Å². The average Bonchev–Trinajstić information content (AvgIpc) is 3.34. The molecule has 1 saturated heterocycles. The minimum Gasteiger partial charge on any atom is -0.336 e. The zero-order valence-corrected chi connectivity index (χ0v) is 14.7. The van der Waals surface area contributed by atoms with E-state index >= 15 is 0 Å². The minimum absolute atomic E-state index is 0.162. The molecule has 6 heteroatoms. The summed E-state index contributed by atoms with van der Waals surface area (Å²) < 4.78 is 3.92. The molecule has 0 saturated carbocycles. The predicted octanol–water partition coefficient (Wildman–Crippen LogP) is 2.79. The Kier molecular flexibility index (Phi) is 4.03. The summed E-state index contributed by atoms with van der Waals surface area (Å²) >= 11 is 0. The average molecular weight is 337 g/mol. The van der Waals surface area contributed by atoms with Crippen LogP contribution in [0.5, 0.6) is 0 Å². The number of fused-ring (bicyclic) bond motifs is 1. The van der Waals surface area contributed by atoms with Crippen molar-refractivity contribution in [3.05, 3.63) is 48.5 Å². The second-order valence-corrected chi connectivity index (χ2v) is 6.88. The second kappa shape index (κ2) is 6.35. The molecule has 1 aliphatic rings. The van der Waals surface area contributed by atoms with Crippen molar-refractivity contribution in [1.82, 2.24) is 24.2 Å². The lowest BCUT2D eigenvalue weighted by Gasteiger charge is -2.28. The molecule has 0 radical (unpaired) electrons. The number of aromatic nitrogens is 4. The number of hydrogen-bond donors (Lipinski definition) is 0. The van der Waals surface area contributed by atoms with Crippen LogP contribution < -0.4 is 0 Å². The molecule has 1 amide bonds. The normalized spacial score (nSPS) is 18.8. The van der Waals surface area contributed by atoms with Crippen LogP contribution in [-0.4, -0.2) is 42.7 Å². The van der Waals surface area contributed by atoms with E-state index < -0.39 is 0 Å². The van der Waals surface area contributed by atoms with Gasteiger partial charge >= 0.3 is 0 Å². The van der Waals surface area contributed by atoms with Crippen molar-refractivity contribution in [2.45, 2.75) is 45.3 Å². The molecule has 3 aromatic rings. The molecular weight excluding hydrogens is 314 g/mol. The summed E-state index contributed by atoms with van der Waals surface area (Å²) in [5.41, 5.74) is 3.07. The summed E-state index contributed by atoms with van der Waals surface area (Å²) in [6.07, 6.45) is 7.75. The van der Waals surface area contributed by atoms with Crippen molar-refractivity contribution in [3.63, 3.8) is 0 Å². The van der Waals surface area contributed by atoms with Crippen LogP contribution in [0.3, 0.4) is 0 Å². The Balaban J connectivity index is 1.54. The molecule has 0 spiro atoms. The third kappa shape index (κ3) is 2.92. The summed E-state index contributed by atoms with van der Waals surface area (Å²) in [6.45, 7) is 5.58. The maximum absolute atomic E-state index is 13.1. The molecule has 1 aliphatic heterocycles. The molecule has 6 nitrogen and oxygen atoms in total. The Labute approximate surface area is 147 Å². The topological polar surface area (TPSA) is 56.0 Å². The number of rotatable bonds is 4. The lowest BCUT2D eigenvalue weighted by molar-refractivity contribution is -0.135. The Hall–Kier alpha value is -2.63. The fourth-order valence-corrected chi connectivity index (χ4v) is 3.74. The molecule has 2 atom stereocenters. The van der Waals surface area contributed by atoms with E-state index in [1.54, 1.807) is 6.33 Å². The van der Waals surface area contributed by atoms with Crippen LogP contribution in [0.4, 0.5) is 0 Å². The summed E-state index contributed by atoms with van der Waals surface area (Å²) in [5, 5.41) is 4.37. The van der Waals surface area contributed by atoms with Gasteiger partial charge in [0.15, 0.2) is 0 Å². The molecule has 2 aromatic heterocycles. The molecule has 25 heavy (non-hydrogen) atoms. The summed E-state index contributed by atoms with van der Waals surface area (Å²) in [5.74, 6) is 0.162. The van der Waals surface area contributed by atoms with E-state index in [0.29, 0.717) is 0 Å². The van der Waals surface area contributed by atoms with Gasteiger partial charge in [-0.05, 0) is 44.4 Å². The van der Waals surface area contributed by atoms with Gasteiger partial charge in [0, 0.05) is 12.7 Å². The molecule has 0 bridgehead atoms. The number of benzene rings is 1. The number of carbonyl (C=O) groups is 1. The Morgan fingerprint density at radius 2 is 2.20 bits per heavy atom. The molecule has 0 N–H and O–H groups in total. The number of amides is 1. The number of likely N-dealkylation sites (tertiary alicyclic amines) is 1. The number of imidazole rings is 1. The molecule has 0 unspecified atom stereocenters. The first kappa shape index (κ1) is 15.9. The highest BCUT2D eigenvalue weighted by Gasteiger charge is 2.32. The van der Waals surface area contributed by atoms with Crippen LogP contribution in [-0.2, 0) is 11.3 Å². The van der Waals surface area contributed by atoms with Gasteiger partial charge in [0.1, 0.15) is 6.04 Å². The maximum atomic E-state index is 13.1. The van der Waals surface area contributed by atoms with Gasteiger partial charge in [0.25, 0.3) is 0 Å². The van der Waals surface area contributed by atoms with Gasteiger partial charge < -0.3 is 9.47 Å². The zero-order chi connectivity index (χ0) is 17.4. The first-order chi connectivity index (χ1) is 12.1. The van der Waals surface area contributed by atoms with Crippen LogP contribution in [0.25, 0.3) is 11.0 Å². The second-order valence-electron chi connectivity index (χ2n) is 6.88. The first-order valence-corrected chi connectivity index (χ1v) is 8.84. The van der Waals surface area contributed by atoms with Gasteiger partial charge in [0.2, 0.25) is 5.91 Å². The predicted molar refractivity (Wildman–Crippen MR) is 96.1 cm³/mol. The largest absolute Gasteiger partial charge is 0.336 e. The Morgan fingerprint density at radius 1 is 1.36 bits per heavy atom. The molecule has 3 heterocycles. The van der Waals surface area contributed by atoms with E-state index in [-0.39, 0.29) is 18.0 Å². The van der Waals surface area contributed by atoms with E-state index in [1.165, 1.54) is 0 Å². The highest BCUT2D eigenvalue weighted by atomic mass is 16.2. The van der Waals surface area contributed by atoms with Crippen molar-refractivity contribution in [2.24, 2.45) is 0 Å². The van der Waals surface area contributed by atoms with E-state index in [1.807, 2.05) is 64.7 Å². The van der Waals surface area contributed by atoms with Crippen molar-refractivity contribution in [3.8, 4) is 0 Å². The summed E-state index contributed by atoms with van der Waals surface area (Å²) in [7, 11) is 0. The van der Waals surface area contributed by atoms with Crippen molar-refractivity contribution >= 4 is 16.9 Å². The van der Waals surface area contributed by atoms with E-state index in [9.17, 15) is 4.79 Å². The lowest BCUT2D eigenvalue weighted by Crippen LogP contribution is -2.41. The van der Waals surface area contributed by atoms with Crippen LogP contribution in [0, 0.1) is 6.92 Å². The Bertz CT molecular complexity index is 896. The lowest BCUT2D eigenvalue weighted by atomic mass is 10.2. The number of carbonyl (C=O) groups excluding carboxylic acids is 1. The van der Waals surface area contributed by atoms with Crippen LogP contribution in [0.15, 0.2) is 43.0 Å². The molecule has 1 fully saturated rings. The van der Waals surface area contributed by atoms with Gasteiger partial charge in [-0.25, -0.2) is 4.98 Å². The fraction of sp³-hybridized carbons (Fsp3) is 0.421.